The van der Waals surface area contributed by atoms with Crippen molar-refractivity contribution in [3.63, 3.8) is 0 Å². The van der Waals surface area contributed by atoms with E-state index in [9.17, 15) is 13.2 Å². The van der Waals surface area contributed by atoms with E-state index in [0.717, 1.165) is 16.9 Å². The monoisotopic (exact) mass is 376 g/mol. The number of rotatable bonds is 10. The second kappa shape index (κ2) is 9.94. The Morgan fingerprint density at radius 3 is 2.46 bits per heavy atom. The quantitative estimate of drug-likeness (QED) is 0.658. The fourth-order valence-corrected chi connectivity index (χ4v) is 3.38. The second-order valence-corrected chi connectivity index (χ2v) is 7.75. The van der Waals surface area contributed by atoms with Crippen LogP contribution in [-0.2, 0) is 27.7 Å². The largest absolute Gasteiger partial charge is 0.497 e. The summed E-state index contributed by atoms with van der Waals surface area (Å²) in [5.74, 6) is 0.366. The molecule has 0 spiro atoms. The van der Waals surface area contributed by atoms with Crippen molar-refractivity contribution in [2.45, 2.75) is 12.8 Å². The van der Waals surface area contributed by atoms with Crippen LogP contribution in [0.1, 0.15) is 11.1 Å². The molecule has 0 saturated carbocycles. The summed E-state index contributed by atoms with van der Waals surface area (Å²) >= 11 is 0. The molecule has 0 bridgehead atoms. The van der Waals surface area contributed by atoms with Crippen molar-refractivity contribution in [2.75, 3.05) is 26.0 Å². The highest BCUT2D eigenvalue weighted by Crippen LogP contribution is 2.12. The van der Waals surface area contributed by atoms with E-state index in [0.29, 0.717) is 19.4 Å². The van der Waals surface area contributed by atoms with Crippen LogP contribution in [0.25, 0.3) is 0 Å². The lowest BCUT2D eigenvalue weighted by Gasteiger charge is -2.08. The summed E-state index contributed by atoms with van der Waals surface area (Å²) in [7, 11) is -1.89. The molecule has 2 aromatic rings. The van der Waals surface area contributed by atoms with Gasteiger partial charge in [0.2, 0.25) is 15.9 Å². The maximum Gasteiger partial charge on any atom is 0.235 e. The Kier molecular flexibility index (Phi) is 7.62. The van der Waals surface area contributed by atoms with Gasteiger partial charge < -0.3 is 10.1 Å². The summed E-state index contributed by atoms with van der Waals surface area (Å²) in [6, 6.07) is 17.0. The van der Waals surface area contributed by atoms with Crippen LogP contribution in [0.15, 0.2) is 54.6 Å². The molecular formula is C19H24N2O4S. The van der Waals surface area contributed by atoms with Crippen molar-refractivity contribution >= 4 is 15.9 Å². The maximum atomic E-state index is 12.0. The van der Waals surface area contributed by atoms with Crippen LogP contribution < -0.4 is 14.8 Å². The van der Waals surface area contributed by atoms with E-state index in [4.69, 9.17) is 4.74 Å². The minimum atomic E-state index is -3.49. The van der Waals surface area contributed by atoms with Gasteiger partial charge in [0, 0.05) is 6.54 Å². The lowest BCUT2D eigenvalue weighted by atomic mass is 10.1. The van der Waals surface area contributed by atoms with Crippen LogP contribution in [0, 0.1) is 0 Å². The molecule has 0 saturated heterocycles. The molecule has 7 heteroatoms. The smallest absolute Gasteiger partial charge is 0.235 e. The molecule has 0 aliphatic heterocycles. The van der Waals surface area contributed by atoms with Crippen LogP contribution in [0.4, 0.5) is 0 Å². The van der Waals surface area contributed by atoms with Gasteiger partial charge >= 0.3 is 0 Å². The van der Waals surface area contributed by atoms with Gasteiger partial charge in [0.05, 0.1) is 19.4 Å². The van der Waals surface area contributed by atoms with Gasteiger partial charge in [0.25, 0.3) is 0 Å². The standard InChI is InChI=1S/C19H24N2O4S/c1-25-18-9-5-8-17(14-18)10-12-20-19(22)15-21-26(23,24)13-11-16-6-3-2-4-7-16/h2-9,14,21H,10-13,15H2,1H3,(H,20,22). The Morgan fingerprint density at radius 2 is 1.73 bits per heavy atom. The number of methoxy groups -OCH3 is 1. The normalized spacial score (nSPS) is 11.1. The van der Waals surface area contributed by atoms with E-state index in [-0.39, 0.29) is 18.2 Å². The molecule has 0 radical (unpaired) electrons. The summed E-state index contributed by atoms with van der Waals surface area (Å²) < 4.78 is 31.4. The number of benzene rings is 2. The highest BCUT2D eigenvalue weighted by atomic mass is 32.2. The number of nitrogens with one attached hydrogen (secondary N) is 2. The Balaban J connectivity index is 1.68. The van der Waals surface area contributed by atoms with Crippen molar-refractivity contribution in [3.8, 4) is 5.75 Å². The van der Waals surface area contributed by atoms with Crippen molar-refractivity contribution < 1.29 is 17.9 Å². The average Bonchev–Trinajstić information content (AvgIpc) is 2.66. The fraction of sp³-hybridized carbons (Fsp3) is 0.316. The number of carbonyl (C=O) groups excluding carboxylic acids is 1. The first-order valence-corrected chi connectivity index (χ1v) is 10.0. The van der Waals surface area contributed by atoms with E-state index in [1.54, 1.807) is 7.11 Å². The maximum absolute atomic E-state index is 12.0. The van der Waals surface area contributed by atoms with Crippen LogP contribution in [-0.4, -0.2) is 40.3 Å². The molecule has 140 valence electrons. The highest BCUT2D eigenvalue weighted by molar-refractivity contribution is 7.89. The van der Waals surface area contributed by atoms with Gasteiger partial charge in [-0.1, -0.05) is 42.5 Å². The Bertz CT molecular complexity index is 807. The fourth-order valence-electron chi connectivity index (χ4n) is 2.38. The molecule has 6 nitrogen and oxygen atoms in total. The third kappa shape index (κ3) is 7.25. The zero-order valence-electron chi connectivity index (χ0n) is 14.8. The zero-order valence-corrected chi connectivity index (χ0v) is 15.6. The molecule has 0 heterocycles. The average molecular weight is 376 g/mol. The molecule has 0 aromatic heterocycles. The summed E-state index contributed by atoms with van der Waals surface area (Å²) in [6.07, 6.45) is 1.05. The first kappa shape index (κ1) is 19.9. The second-order valence-electron chi connectivity index (χ2n) is 5.83. The topological polar surface area (TPSA) is 84.5 Å². The molecule has 2 rings (SSSR count). The van der Waals surface area contributed by atoms with E-state index >= 15 is 0 Å². The van der Waals surface area contributed by atoms with Crippen molar-refractivity contribution in [2.24, 2.45) is 0 Å². The molecule has 0 unspecified atom stereocenters. The van der Waals surface area contributed by atoms with E-state index in [1.165, 1.54) is 0 Å². The van der Waals surface area contributed by atoms with Crippen molar-refractivity contribution in [1.82, 2.24) is 10.0 Å². The van der Waals surface area contributed by atoms with Crippen molar-refractivity contribution in [1.29, 1.82) is 0 Å². The summed E-state index contributed by atoms with van der Waals surface area (Å²) in [4.78, 5) is 11.8. The SMILES string of the molecule is COc1cccc(CCNC(=O)CNS(=O)(=O)CCc2ccccc2)c1. The molecule has 0 aliphatic rings. The number of carbonyl (C=O) groups is 1. The lowest BCUT2D eigenvalue weighted by Crippen LogP contribution is -2.38. The van der Waals surface area contributed by atoms with Gasteiger partial charge in [-0.05, 0) is 36.1 Å². The lowest BCUT2D eigenvalue weighted by molar-refractivity contribution is -0.119. The van der Waals surface area contributed by atoms with Crippen LogP contribution in [0.2, 0.25) is 0 Å². The third-order valence-electron chi connectivity index (χ3n) is 3.82. The van der Waals surface area contributed by atoms with E-state index in [1.807, 2.05) is 54.6 Å². The van der Waals surface area contributed by atoms with Gasteiger partial charge in [-0.2, -0.15) is 0 Å². The van der Waals surface area contributed by atoms with E-state index < -0.39 is 10.0 Å². The molecule has 2 N–H and O–H groups in total. The molecule has 26 heavy (non-hydrogen) atoms. The van der Waals surface area contributed by atoms with Gasteiger partial charge in [-0.15, -0.1) is 0 Å². The molecule has 0 atom stereocenters. The molecule has 2 aromatic carbocycles. The first-order valence-electron chi connectivity index (χ1n) is 8.39. The number of amides is 1. The molecule has 0 fully saturated rings. The Morgan fingerprint density at radius 1 is 1.00 bits per heavy atom. The molecule has 0 aliphatic carbocycles. The van der Waals surface area contributed by atoms with E-state index in [2.05, 4.69) is 10.0 Å². The van der Waals surface area contributed by atoms with Crippen LogP contribution in [0.5, 0.6) is 5.75 Å². The van der Waals surface area contributed by atoms with Gasteiger partial charge in [-0.3, -0.25) is 4.79 Å². The first-order chi connectivity index (χ1) is 12.5. The molecular weight excluding hydrogens is 352 g/mol. The predicted octanol–water partition coefficient (Wildman–Crippen LogP) is 1.52. The number of ether oxygens (including phenoxy) is 1. The van der Waals surface area contributed by atoms with Gasteiger partial charge in [0.15, 0.2) is 0 Å². The number of sulfonamides is 1. The Labute approximate surface area is 154 Å². The number of hydrogen-bond donors (Lipinski definition) is 2. The van der Waals surface area contributed by atoms with Gasteiger partial charge in [-0.25, -0.2) is 13.1 Å². The predicted molar refractivity (Wildman–Crippen MR) is 102 cm³/mol. The van der Waals surface area contributed by atoms with Gasteiger partial charge in [0.1, 0.15) is 5.75 Å². The minimum absolute atomic E-state index is 0.0475. The van der Waals surface area contributed by atoms with Crippen LogP contribution in [0.3, 0.4) is 0 Å². The molecule has 1 amide bonds. The number of aryl methyl sites for hydroxylation is 1. The summed E-state index contributed by atoms with van der Waals surface area (Å²) in [5.41, 5.74) is 1.98. The Hall–Kier alpha value is -2.38. The highest BCUT2D eigenvalue weighted by Gasteiger charge is 2.12. The zero-order chi connectivity index (χ0) is 18.8. The number of hydrogen-bond acceptors (Lipinski definition) is 4. The van der Waals surface area contributed by atoms with Crippen molar-refractivity contribution in [3.05, 3.63) is 65.7 Å². The summed E-state index contributed by atoms with van der Waals surface area (Å²) in [6.45, 7) is 0.174. The third-order valence-corrected chi connectivity index (χ3v) is 5.15. The summed E-state index contributed by atoms with van der Waals surface area (Å²) in [5, 5.41) is 2.71. The van der Waals surface area contributed by atoms with Crippen LogP contribution >= 0.6 is 0 Å². The minimum Gasteiger partial charge on any atom is -0.497 e.